The first-order chi connectivity index (χ1) is 18.5. The molecule has 0 saturated carbocycles. The highest BCUT2D eigenvalue weighted by Gasteiger charge is 2.47. The van der Waals surface area contributed by atoms with Gasteiger partial charge in [-0.3, -0.25) is 14.5 Å². The van der Waals surface area contributed by atoms with E-state index in [1.54, 1.807) is 6.07 Å². The van der Waals surface area contributed by atoms with Crippen molar-refractivity contribution in [1.29, 1.82) is 0 Å². The molecule has 1 aliphatic rings. The largest absolute Gasteiger partial charge is 0.507 e. The molecule has 0 radical (unpaired) electrons. The fraction of sp³-hybridized carbons (Fsp3) is 0.235. The van der Waals surface area contributed by atoms with E-state index in [9.17, 15) is 14.7 Å². The van der Waals surface area contributed by atoms with Gasteiger partial charge < -0.3 is 9.84 Å². The van der Waals surface area contributed by atoms with Crippen LogP contribution in [-0.4, -0.2) is 23.9 Å². The minimum absolute atomic E-state index is 0.0414. The monoisotopic (exact) mass is 519 g/mol. The van der Waals surface area contributed by atoms with E-state index in [-0.39, 0.29) is 16.7 Å². The van der Waals surface area contributed by atoms with Gasteiger partial charge in [0.05, 0.1) is 30.0 Å². The third-order valence-corrected chi connectivity index (χ3v) is 7.44. The summed E-state index contributed by atoms with van der Waals surface area (Å²) in [5.41, 5.74) is 4.58. The number of aliphatic hydroxyl groups is 1. The number of nitrogens with zero attached hydrogens (tertiary/aromatic N) is 1. The number of ether oxygens (including phenoxy) is 1. The Bertz CT molecular complexity index is 1640. The van der Waals surface area contributed by atoms with Crippen LogP contribution in [0.5, 0.6) is 5.75 Å². The Kier molecular flexibility index (Phi) is 6.55. The van der Waals surface area contributed by atoms with Gasteiger partial charge in [0, 0.05) is 5.39 Å². The Hall–Kier alpha value is -4.38. The van der Waals surface area contributed by atoms with Crippen LogP contribution in [-0.2, 0) is 15.0 Å². The number of hydrogen-bond donors (Lipinski definition) is 1. The Labute approximate surface area is 229 Å². The number of amides is 1. The van der Waals surface area contributed by atoms with Gasteiger partial charge in [-0.25, -0.2) is 0 Å². The number of fused-ring (bicyclic) bond motifs is 1. The molecule has 5 nitrogen and oxygen atoms in total. The summed E-state index contributed by atoms with van der Waals surface area (Å²) in [6.07, 6.45) is 0. The highest BCUT2D eigenvalue weighted by molar-refractivity contribution is 6.52. The van der Waals surface area contributed by atoms with Crippen molar-refractivity contribution in [1.82, 2.24) is 0 Å². The summed E-state index contributed by atoms with van der Waals surface area (Å²) >= 11 is 0. The minimum Gasteiger partial charge on any atom is -0.507 e. The van der Waals surface area contributed by atoms with Crippen molar-refractivity contribution in [2.24, 2.45) is 0 Å². The number of aryl methyl sites for hydroxylation is 2. The van der Waals surface area contributed by atoms with E-state index in [1.165, 1.54) is 12.0 Å². The van der Waals surface area contributed by atoms with Crippen molar-refractivity contribution in [2.75, 3.05) is 12.0 Å². The smallest absolute Gasteiger partial charge is 0.300 e. The van der Waals surface area contributed by atoms with Crippen LogP contribution in [0.2, 0.25) is 0 Å². The normalized spacial score (nSPS) is 17.2. The van der Waals surface area contributed by atoms with Crippen molar-refractivity contribution in [3.63, 3.8) is 0 Å². The van der Waals surface area contributed by atoms with Crippen molar-refractivity contribution < 1.29 is 19.4 Å². The van der Waals surface area contributed by atoms with Gasteiger partial charge in [-0.1, -0.05) is 87.5 Å². The number of Topliss-reactive ketones (excluding diaryl/α,β-unsaturated/α-hetero) is 1. The quantitative estimate of drug-likeness (QED) is 0.173. The average molecular weight is 520 g/mol. The summed E-state index contributed by atoms with van der Waals surface area (Å²) in [6.45, 7) is 10.2. The second-order valence-corrected chi connectivity index (χ2v) is 11.2. The number of methoxy groups -OCH3 is 1. The summed E-state index contributed by atoms with van der Waals surface area (Å²) < 4.78 is 5.63. The zero-order chi connectivity index (χ0) is 28.1. The topological polar surface area (TPSA) is 66.8 Å². The Morgan fingerprint density at radius 2 is 1.56 bits per heavy atom. The average Bonchev–Trinajstić information content (AvgIpc) is 3.17. The standard InChI is InChI=1S/C34H33NO4/c1-20-18-21(2)32(39-6)26(19-20)30(36)28-29(23-14-16-24(17-15-23)34(3,4)5)35(33(38)31(28)37)27-13-9-11-22-10-7-8-12-25(22)27/h7-19,29,36H,1-6H3/b30-28+. The molecule has 1 saturated heterocycles. The number of aliphatic hydroxyl groups excluding tert-OH is 1. The lowest BCUT2D eigenvalue weighted by atomic mass is 9.85. The van der Waals surface area contributed by atoms with Gasteiger partial charge in [0.15, 0.2) is 0 Å². The molecular weight excluding hydrogens is 486 g/mol. The van der Waals surface area contributed by atoms with Gasteiger partial charge in [0.2, 0.25) is 0 Å². The number of carbonyl (C=O) groups is 2. The van der Waals surface area contributed by atoms with Gasteiger partial charge >= 0.3 is 0 Å². The summed E-state index contributed by atoms with van der Waals surface area (Å²) in [4.78, 5) is 29.1. The second-order valence-electron chi connectivity index (χ2n) is 11.2. The number of carbonyl (C=O) groups excluding carboxylic acids is 2. The third-order valence-electron chi connectivity index (χ3n) is 7.44. The lowest BCUT2D eigenvalue weighted by Crippen LogP contribution is -2.29. The van der Waals surface area contributed by atoms with Gasteiger partial charge in [0.25, 0.3) is 11.7 Å². The molecule has 1 N–H and O–H groups in total. The van der Waals surface area contributed by atoms with Crippen LogP contribution in [0.4, 0.5) is 5.69 Å². The molecule has 0 aliphatic carbocycles. The minimum atomic E-state index is -0.824. The number of ketones is 1. The number of rotatable bonds is 4. The van der Waals surface area contributed by atoms with E-state index < -0.39 is 17.7 Å². The van der Waals surface area contributed by atoms with Crippen LogP contribution < -0.4 is 9.64 Å². The van der Waals surface area contributed by atoms with E-state index in [1.807, 2.05) is 86.6 Å². The predicted octanol–water partition coefficient (Wildman–Crippen LogP) is 7.39. The first kappa shape index (κ1) is 26.2. The van der Waals surface area contributed by atoms with Crippen LogP contribution in [0.3, 0.4) is 0 Å². The SMILES string of the molecule is COc1c(C)cc(C)cc1/C(O)=C1\C(=O)C(=O)N(c2cccc3ccccc23)C1c1ccc(C(C)(C)C)cc1. The number of anilines is 1. The van der Waals surface area contributed by atoms with Gasteiger partial charge in [-0.2, -0.15) is 0 Å². The molecule has 4 aromatic carbocycles. The molecule has 1 unspecified atom stereocenters. The Balaban J connectivity index is 1.80. The van der Waals surface area contributed by atoms with Crippen molar-refractivity contribution in [3.8, 4) is 5.75 Å². The molecule has 198 valence electrons. The summed E-state index contributed by atoms with van der Waals surface area (Å²) in [6, 6.07) is 24.3. The van der Waals surface area contributed by atoms with Crippen LogP contribution in [0.1, 0.15) is 54.6 Å². The lowest BCUT2D eigenvalue weighted by molar-refractivity contribution is -0.132. The van der Waals surface area contributed by atoms with E-state index in [0.29, 0.717) is 17.0 Å². The van der Waals surface area contributed by atoms with E-state index in [0.717, 1.165) is 33.0 Å². The molecule has 39 heavy (non-hydrogen) atoms. The molecular formula is C34H33NO4. The molecule has 4 aromatic rings. The third kappa shape index (κ3) is 4.48. The molecule has 1 aliphatic heterocycles. The maximum atomic E-state index is 13.8. The number of hydrogen-bond acceptors (Lipinski definition) is 4. The predicted molar refractivity (Wildman–Crippen MR) is 156 cm³/mol. The van der Waals surface area contributed by atoms with E-state index in [2.05, 4.69) is 20.8 Å². The van der Waals surface area contributed by atoms with Crippen LogP contribution >= 0.6 is 0 Å². The van der Waals surface area contributed by atoms with Crippen molar-refractivity contribution in [2.45, 2.75) is 46.1 Å². The first-order valence-corrected chi connectivity index (χ1v) is 13.1. The molecule has 0 bridgehead atoms. The Morgan fingerprint density at radius 1 is 0.897 bits per heavy atom. The van der Waals surface area contributed by atoms with E-state index >= 15 is 0 Å². The molecule has 0 aromatic heterocycles. The molecule has 5 rings (SSSR count). The second kappa shape index (κ2) is 9.73. The number of benzene rings is 4. The lowest BCUT2D eigenvalue weighted by Gasteiger charge is -2.27. The van der Waals surface area contributed by atoms with Crippen LogP contribution in [0.25, 0.3) is 16.5 Å². The molecule has 1 fully saturated rings. The van der Waals surface area contributed by atoms with Gasteiger partial charge in [-0.05, 0) is 59.0 Å². The van der Waals surface area contributed by atoms with Crippen LogP contribution in [0, 0.1) is 13.8 Å². The molecule has 0 spiro atoms. The first-order valence-electron chi connectivity index (χ1n) is 13.1. The van der Waals surface area contributed by atoms with Crippen molar-refractivity contribution in [3.05, 3.63) is 112 Å². The van der Waals surface area contributed by atoms with E-state index in [4.69, 9.17) is 4.74 Å². The molecule has 1 heterocycles. The zero-order valence-electron chi connectivity index (χ0n) is 23.2. The Morgan fingerprint density at radius 3 is 2.23 bits per heavy atom. The maximum Gasteiger partial charge on any atom is 0.300 e. The fourth-order valence-corrected chi connectivity index (χ4v) is 5.53. The maximum absolute atomic E-state index is 13.8. The van der Waals surface area contributed by atoms with Gasteiger partial charge in [-0.15, -0.1) is 0 Å². The van der Waals surface area contributed by atoms with Crippen molar-refractivity contribution >= 4 is 33.9 Å². The fourth-order valence-electron chi connectivity index (χ4n) is 5.53. The summed E-state index contributed by atoms with van der Waals surface area (Å²) in [5.74, 6) is -1.19. The molecule has 5 heteroatoms. The highest BCUT2D eigenvalue weighted by atomic mass is 16.5. The van der Waals surface area contributed by atoms with Gasteiger partial charge in [0.1, 0.15) is 11.5 Å². The zero-order valence-corrected chi connectivity index (χ0v) is 23.2. The highest BCUT2D eigenvalue weighted by Crippen LogP contribution is 2.45. The van der Waals surface area contributed by atoms with Crippen LogP contribution in [0.15, 0.2) is 84.4 Å². The molecule has 1 atom stereocenters. The summed E-state index contributed by atoms with van der Waals surface area (Å²) in [5, 5.41) is 13.6. The summed E-state index contributed by atoms with van der Waals surface area (Å²) in [7, 11) is 1.53. The molecule has 1 amide bonds.